The molecule has 2 rings (SSSR count). The third-order valence-corrected chi connectivity index (χ3v) is 4.62. The van der Waals surface area contributed by atoms with Gasteiger partial charge >= 0.3 is 0 Å². The van der Waals surface area contributed by atoms with Crippen LogP contribution in [0.25, 0.3) is 0 Å². The first-order valence-corrected chi connectivity index (χ1v) is 7.64. The van der Waals surface area contributed by atoms with E-state index in [2.05, 4.69) is 37.2 Å². The zero-order chi connectivity index (χ0) is 14.0. The van der Waals surface area contributed by atoms with Gasteiger partial charge in [0.05, 0.1) is 15.7 Å². The molecule has 0 saturated heterocycles. The van der Waals surface area contributed by atoms with Gasteiger partial charge in [0, 0.05) is 15.5 Å². The Balaban J connectivity index is 2.16. The fourth-order valence-corrected chi connectivity index (χ4v) is 2.96. The van der Waals surface area contributed by atoms with Gasteiger partial charge in [-0.05, 0) is 61.7 Å². The normalized spacial score (nSPS) is 10.6. The summed E-state index contributed by atoms with van der Waals surface area (Å²) in [5.41, 5.74) is 1.66. The van der Waals surface area contributed by atoms with Gasteiger partial charge in [-0.1, -0.05) is 29.3 Å². The summed E-state index contributed by atoms with van der Waals surface area (Å²) in [6.45, 7) is 0.539. The Labute approximate surface area is 137 Å². The van der Waals surface area contributed by atoms with Crippen LogP contribution in [0, 0.1) is 5.82 Å². The molecule has 2 aromatic carbocycles. The molecule has 6 heteroatoms. The highest BCUT2D eigenvalue weighted by molar-refractivity contribution is 9.11. The molecule has 0 amide bonds. The minimum absolute atomic E-state index is 0.329. The lowest BCUT2D eigenvalue weighted by Crippen LogP contribution is -2.01. The van der Waals surface area contributed by atoms with E-state index in [1.165, 1.54) is 12.1 Å². The average molecular weight is 428 g/mol. The summed E-state index contributed by atoms with van der Waals surface area (Å²) in [5.74, 6) is -0.380. The Hall–Kier alpha value is -0.290. The van der Waals surface area contributed by atoms with Gasteiger partial charge < -0.3 is 5.32 Å². The molecule has 19 heavy (non-hydrogen) atoms. The Bertz CT molecular complexity index is 597. The number of anilines is 1. The van der Waals surface area contributed by atoms with Gasteiger partial charge in [-0.2, -0.15) is 0 Å². The smallest absolute Gasteiger partial charge is 0.125 e. The van der Waals surface area contributed by atoms with Crippen molar-refractivity contribution in [3.8, 4) is 0 Å². The van der Waals surface area contributed by atoms with Gasteiger partial charge in [0.25, 0.3) is 0 Å². The highest BCUT2D eigenvalue weighted by atomic mass is 79.9. The molecule has 0 heterocycles. The fraction of sp³-hybridized carbons (Fsp3) is 0.0769. The summed E-state index contributed by atoms with van der Waals surface area (Å²) in [5, 5.41) is 4.12. The van der Waals surface area contributed by atoms with Crippen LogP contribution in [-0.2, 0) is 6.54 Å². The summed E-state index contributed by atoms with van der Waals surface area (Å²) in [7, 11) is 0. The van der Waals surface area contributed by atoms with Crippen molar-refractivity contribution in [3.05, 3.63) is 60.7 Å². The maximum atomic E-state index is 13.1. The molecule has 0 saturated carbocycles. The van der Waals surface area contributed by atoms with E-state index in [-0.39, 0.29) is 5.82 Å². The summed E-state index contributed by atoms with van der Waals surface area (Å²) in [6, 6.07) is 8.30. The SMILES string of the molecule is Fc1cc(Cl)c(NCc2ccc(Br)c(Cl)c2)c(Br)c1. The number of hydrogen-bond acceptors (Lipinski definition) is 1. The van der Waals surface area contributed by atoms with E-state index < -0.39 is 0 Å². The predicted molar refractivity (Wildman–Crippen MR) is 85.6 cm³/mol. The third kappa shape index (κ3) is 3.85. The second-order valence-electron chi connectivity index (χ2n) is 3.85. The van der Waals surface area contributed by atoms with E-state index in [0.29, 0.717) is 26.8 Å². The van der Waals surface area contributed by atoms with Crippen molar-refractivity contribution in [2.75, 3.05) is 5.32 Å². The van der Waals surface area contributed by atoms with E-state index in [1.807, 2.05) is 18.2 Å². The Kier molecular flexibility index (Phi) is 5.12. The van der Waals surface area contributed by atoms with E-state index in [9.17, 15) is 4.39 Å². The summed E-state index contributed by atoms with van der Waals surface area (Å²) in [4.78, 5) is 0. The molecule has 0 radical (unpaired) electrons. The van der Waals surface area contributed by atoms with Crippen molar-refractivity contribution in [2.24, 2.45) is 0 Å². The molecule has 0 bridgehead atoms. The molecule has 0 spiro atoms. The van der Waals surface area contributed by atoms with Crippen LogP contribution in [0.5, 0.6) is 0 Å². The molecule has 0 aliphatic heterocycles. The van der Waals surface area contributed by atoms with Crippen LogP contribution >= 0.6 is 55.1 Å². The predicted octanol–water partition coefficient (Wildman–Crippen LogP) is 6.27. The van der Waals surface area contributed by atoms with Crippen LogP contribution in [0.1, 0.15) is 5.56 Å². The lowest BCUT2D eigenvalue weighted by molar-refractivity contribution is 0.627. The first-order chi connectivity index (χ1) is 8.97. The van der Waals surface area contributed by atoms with Gasteiger partial charge in [-0.3, -0.25) is 0 Å². The van der Waals surface area contributed by atoms with Crippen LogP contribution in [0.2, 0.25) is 10.0 Å². The quantitative estimate of drug-likeness (QED) is 0.608. The van der Waals surface area contributed by atoms with Crippen molar-refractivity contribution in [1.82, 2.24) is 0 Å². The topological polar surface area (TPSA) is 12.0 Å². The number of nitrogens with one attached hydrogen (secondary N) is 1. The van der Waals surface area contributed by atoms with Crippen molar-refractivity contribution < 1.29 is 4.39 Å². The number of rotatable bonds is 3. The lowest BCUT2D eigenvalue weighted by atomic mass is 10.2. The lowest BCUT2D eigenvalue weighted by Gasteiger charge is -2.11. The summed E-state index contributed by atoms with van der Waals surface area (Å²) in [6.07, 6.45) is 0. The van der Waals surface area contributed by atoms with Crippen molar-refractivity contribution in [2.45, 2.75) is 6.54 Å². The molecule has 1 nitrogen and oxygen atoms in total. The van der Waals surface area contributed by atoms with Crippen LogP contribution in [-0.4, -0.2) is 0 Å². The van der Waals surface area contributed by atoms with Gasteiger partial charge in [0.15, 0.2) is 0 Å². The highest BCUT2D eigenvalue weighted by Gasteiger charge is 2.08. The first kappa shape index (κ1) is 15.1. The third-order valence-electron chi connectivity index (χ3n) is 2.46. The van der Waals surface area contributed by atoms with Crippen LogP contribution < -0.4 is 5.32 Å². The molecule has 0 aliphatic rings. The molecule has 1 N–H and O–H groups in total. The standard InChI is InChI=1S/C13H8Br2Cl2FN/c14-9-2-1-7(3-11(9)16)6-19-13-10(15)4-8(18)5-12(13)17/h1-5,19H,6H2. The van der Waals surface area contributed by atoms with E-state index >= 15 is 0 Å². The van der Waals surface area contributed by atoms with Crippen molar-refractivity contribution >= 4 is 60.7 Å². The number of halogens is 5. The highest BCUT2D eigenvalue weighted by Crippen LogP contribution is 2.32. The summed E-state index contributed by atoms with van der Waals surface area (Å²) >= 11 is 18.6. The number of benzene rings is 2. The van der Waals surface area contributed by atoms with Gasteiger partial charge in [0.1, 0.15) is 5.82 Å². The molecule has 2 aromatic rings. The molecule has 0 aliphatic carbocycles. The molecular formula is C13H8Br2Cl2FN. The van der Waals surface area contributed by atoms with Crippen molar-refractivity contribution in [3.63, 3.8) is 0 Å². The molecular weight excluding hydrogens is 420 g/mol. The van der Waals surface area contributed by atoms with Crippen LogP contribution in [0.3, 0.4) is 0 Å². The maximum Gasteiger partial charge on any atom is 0.125 e. The van der Waals surface area contributed by atoms with Crippen LogP contribution in [0.15, 0.2) is 39.3 Å². The van der Waals surface area contributed by atoms with E-state index in [0.717, 1.165) is 10.0 Å². The molecule has 0 aromatic heterocycles. The second-order valence-corrected chi connectivity index (χ2v) is 6.37. The number of hydrogen-bond donors (Lipinski definition) is 1. The molecule has 100 valence electrons. The zero-order valence-electron chi connectivity index (χ0n) is 9.48. The molecule has 0 unspecified atom stereocenters. The van der Waals surface area contributed by atoms with Crippen LogP contribution in [0.4, 0.5) is 10.1 Å². The van der Waals surface area contributed by atoms with Gasteiger partial charge in [0.2, 0.25) is 0 Å². The monoisotopic (exact) mass is 425 g/mol. The Morgan fingerprint density at radius 2 is 1.74 bits per heavy atom. The average Bonchev–Trinajstić information content (AvgIpc) is 2.32. The van der Waals surface area contributed by atoms with Gasteiger partial charge in [-0.15, -0.1) is 0 Å². The van der Waals surface area contributed by atoms with E-state index in [1.54, 1.807) is 0 Å². The zero-order valence-corrected chi connectivity index (χ0v) is 14.2. The Morgan fingerprint density at radius 3 is 2.37 bits per heavy atom. The molecule has 0 fully saturated rings. The maximum absolute atomic E-state index is 13.1. The van der Waals surface area contributed by atoms with Crippen molar-refractivity contribution in [1.29, 1.82) is 0 Å². The van der Waals surface area contributed by atoms with Gasteiger partial charge in [-0.25, -0.2) is 4.39 Å². The first-order valence-electron chi connectivity index (χ1n) is 5.29. The largest absolute Gasteiger partial charge is 0.379 e. The fourth-order valence-electron chi connectivity index (χ4n) is 1.55. The second kappa shape index (κ2) is 6.44. The minimum Gasteiger partial charge on any atom is -0.379 e. The van der Waals surface area contributed by atoms with E-state index in [4.69, 9.17) is 23.2 Å². The Morgan fingerprint density at radius 1 is 1.00 bits per heavy atom. The molecule has 0 atom stereocenters. The summed E-state index contributed by atoms with van der Waals surface area (Å²) < 4.78 is 14.5. The minimum atomic E-state index is -0.380.